The molecule has 2 unspecified atom stereocenters. The van der Waals surface area contributed by atoms with Gasteiger partial charge in [-0.05, 0) is 30.7 Å². The van der Waals surface area contributed by atoms with Crippen molar-refractivity contribution in [2.75, 3.05) is 0 Å². The van der Waals surface area contributed by atoms with E-state index >= 15 is 0 Å². The van der Waals surface area contributed by atoms with Gasteiger partial charge in [0, 0.05) is 0 Å². The SMILES string of the molecule is CCC(C)C(CC)c1cccc(C)c1. The molecule has 1 aromatic carbocycles. The highest BCUT2D eigenvalue weighted by Crippen LogP contribution is 2.30. The molecule has 0 N–H and O–H groups in total. The summed E-state index contributed by atoms with van der Waals surface area (Å²) in [5.41, 5.74) is 2.89. The second kappa shape index (κ2) is 5.19. The lowest BCUT2D eigenvalue weighted by atomic mass is 9.83. The van der Waals surface area contributed by atoms with Crippen LogP contribution < -0.4 is 0 Å². The lowest BCUT2D eigenvalue weighted by Gasteiger charge is -2.22. The first kappa shape index (κ1) is 11.3. The molecule has 0 aliphatic heterocycles. The molecule has 0 bridgehead atoms. The minimum Gasteiger partial charge on any atom is -0.0651 e. The van der Waals surface area contributed by atoms with Crippen molar-refractivity contribution in [3.8, 4) is 0 Å². The van der Waals surface area contributed by atoms with Gasteiger partial charge in [-0.15, -0.1) is 0 Å². The highest BCUT2D eigenvalue weighted by atomic mass is 14.2. The van der Waals surface area contributed by atoms with Crippen molar-refractivity contribution >= 4 is 0 Å². The van der Waals surface area contributed by atoms with E-state index in [4.69, 9.17) is 0 Å². The molecule has 0 heterocycles. The quantitative estimate of drug-likeness (QED) is 0.654. The van der Waals surface area contributed by atoms with Gasteiger partial charge in [-0.2, -0.15) is 0 Å². The smallest absolute Gasteiger partial charge is 0.0139 e. The van der Waals surface area contributed by atoms with Gasteiger partial charge in [0.15, 0.2) is 0 Å². The molecule has 0 saturated carbocycles. The highest BCUT2D eigenvalue weighted by molar-refractivity contribution is 5.25. The second-order valence-electron chi connectivity index (χ2n) is 4.31. The van der Waals surface area contributed by atoms with Gasteiger partial charge in [-0.3, -0.25) is 0 Å². The molecular weight excluding hydrogens is 168 g/mol. The van der Waals surface area contributed by atoms with Crippen LogP contribution in [0.3, 0.4) is 0 Å². The first-order valence-electron chi connectivity index (χ1n) is 5.75. The molecule has 0 spiro atoms. The Morgan fingerprint density at radius 2 is 1.86 bits per heavy atom. The predicted molar refractivity (Wildman–Crippen MR) is 63.7 cm³/mol. The number of hydrogen-bond donors (Lipinski definition) is 0. The van der Waals surface area contributed by atoms with Gasteiger partial charge in [-0.1, -0.05) is 57.0 Å². The standard InChI is InChI=1S/C14H22/c1-5-12(4)14(6-2)13-9-7-8-11(3)10-13/h7-10,12,14H,5-6H2,1-4H3. The van der Waals surface area contributed by atoms with E-state index in [-0.39, 0.29) is 0 Å². The monoisotopic (exact) mass is 190 g/mol. The third-order valence-corrected chi connectivity index (χ3v) is 3.24. The van der Waals surface area contributed by atoms with Crippen molar-refractivity contribution in [3.05, 3.63) is 35.4 Å². The molecule has 0 radical (unpaired) electrons. The van der Waals surface area contributed by atoms with E-state index in [1.165, 1.54) is 24.0 Å². The first-order valence-corrected chi connectivity index (χ1v) is 5.75. The molecular formula is C14H22. The van der Waals surface area contributed by atoms with Crippen LogP contribution in [0.1, 0.15) is 50.7 Å². The fraction of sp³-hybridized carbons (Fsp3) is 0.571. The number of aryl methyl sites for hydroxylation is 1. The van der Waals surface area contributed by atoms with Crippen molar-refractivity contribution in [3.63, 3.8) is 0 Å². The van der Waals surface area contributed by atoms with Crippen LogP contribution in [-0.4, -0.2) is 0 Å². The Hall–Kier alpha value is -0.780. The van der Waals surface area contributed by atoms with Gasteiger partial charge in [0.2, 0.25) is 0 Å². The molecule has 2 atom stereocenters. The third kappa shape index (κ3) is 2.60. The summed E-state index contributed by atoms with van der Waals surface area (Å²) in [7, 11) is 0. The Morgan fingerprint density at radius 1 is 1.14 bits per heavy atom. The van der Waals surface area contributed by atoms with Crippen LogP contribution in [-0.2, 0) is 0 Å². The molecule has 0 aliphatic rings. The second-order valence-corrected chi connectivity index (χ2v) is 4.31. The Kier molecular flexibility index (Phi) is 4.19. The van der Waals surface area contributed by atoms with E-state index in [1.54, 1.807) is 0 Å². The Bertz CT molecular complexity index is 275. The fourth-order valence-electron chi connectivity index (χ4n) is 2.15. The van der Waals surface area contributed by atoms with Crippen LogP contribution in [0.2, 0.25) is 0 Å². The topological polar surface area (TPSA) is 0 Å². The molecule has 1 aromatic rings. The maximum atomic E-state index is 2.36. The maximum absolute atomic E-state index is 2.36. The fourth-order valence-corrected chi connectivity index (χ4v) is 2.15. The summed E-state index contributed by atoms with van der Waals surface area (Å²) in [5, 5.41) is 0. The van der Waals surface area contributed by atoms with Crippen molar-refractivity contribution in [2.45, 2.75) is 46.5 Å². The summed E-state index contributed by atoms with van der Waals surface area (Å²) in [6, 6.07) is 8.95. The summed E-state index contributed by atoms with van der Waals surface area (Å²) >= 11 is 0. The predicted octanol–water partition coefficient (Wildman–Crippen LogP) is 4.53. The summed E-state index contributed by atoms with van der Waals surface area (Å²) in [6.45, 7) is 9.10. The minimum atomic E-state index is 0.736. The molecule has 78 valence electrons. The summed E-state index contributed by atoms with van der Waals surface area (Å²) in [6.07, 6.45) is 2.52. The van der Waals surface area contributed by atoms with E-state index < -0.39 is 0 Å². The van der Waals surface area contributed by atoms with Crippen LogP contribution >= 0.6 is 0 Å². The Labute approximate surface area is 88.4 Å². The molecule has 0 amide bonds. The Balaban J connectivity index is 2.89. The lowest BCUT2D eigenvalue weighted by molar-refractivity contribution is 0.435. The average Bonchev–Trinajstić information content (AvgIpc) is 2.19. The summed E-state index contributed by atoms with van der Waals surface area (Å²) in [5.74, 6) is 1.53. The zero-order valence-electron chi connectivity index (χ0n) is 9.88. The molecule has 0 fully saturated rings. The van der Waals surface area contributed by atoms with Crippen LogP contribution in [0, 0.1) is 12.8 Å². The molecule has 0 nitrogen and oxygen atoms in total. The van der Waals surface area contributed by atoms with Crippen molar-refractivity contribution < 1.29 is 0 Å². The molecule has 0 aliphatic carbocycles. The zero-order chi connectivity index (χ0) is 10.6. The largest absolute Gasteiger partial charge is 0.0651 e. The minimum absolute atomic E-state index is 0.736. The van der Waals surface area contributed by atoms with Crippen LogP contribution in [0.4, 0.5) is 0 Å². The third-order valence-electron chi connectivity index (χ3n) is 3.24. The first-order chi connectivity index (χ1) is 6.69. The average molecular weight is 190 g/mol. The van der Waals surface area contributed by atoms with Gasteiger partial charge < -0.3 is 0 Å². The normalized spacial score (nSPS) is 15.1. The van der Waals surface area contributed by atoms with Crippen LogP contribution in [0.15, 0.2) is 24.3 Å². The van der Waals surface area contributed by atoms with Gasteiger partial charge in [0.05, 0.1) is 0 Å². The van der Waals surface area contributed by atoms with Crippen molar-refractivity contribution in [2.24, 2.45) is 5.92 Å². The highest BCUT2D eigenvalue weighted by Gasteiger charge is 2.15. The van der Waals surface area contributed by atoms with E-state index in [1.807, 2.05) is 0 Å². The van der Waals surface area contributed by atoms with Crippen LogP contribution in [0.25, 0.3) is 0 Å². The summed E-state index contributed by atoms with van der Waals surface area (Å²) < 4.78 is 0. The lowest BCUT2D eigenvalue weighted by Crippen LogP contribution is -2.08. The van der Waals surface area contributed by atoms with Gasteiger partial charge in [-0.25, -0.2) is 0 Å². The summed E-state index contributed by atoms with van der Waals surface area (Å²) in [4.78, 5) is 0. The Morgan fingerprint density at radius 3 is 2.36 bits per heavy atom. The van der Waals surface area contributed by atoms with E-state index in [2.05, 4.69) is 52.0 Å². The van der Waals surface area contributed by atoms with E-state index in [9.17, 15) is 0 Å². The van der Waals surface area contributed by atoms with Gasteiger partial charge >= 0.3 is 0 Å². The number of hydrogen-bond acceptors (Lipinski definition) is 0. The molecule has 0 saturated heterocycles. The van der Waals surface area contributed by atoms with Gasteiger partial charge in [0.25, 0.3) is 0 Å². The number of benzene rings is 1. The zero-order valence-corrected chi connectivity index (χ0v) is 9.88. The maximum Gasteiger partial charge on any atom is -0.0139 e. The molecule has 1 rings (SSSR count). The van der Waals surface area contributed by atoms with E-state index in [0.29, 0.717) is 0 Å². The van der Waals surface area contributed by atoms with E-state index in [0.717, 1.165) is 11.8 Å². The molecule has 14 heavy (non-hydrogen) atoms. The molecule has 0 heteroatoms. The van der Waals surface area contributed by atoms with Crippen molar-refractivity contribution in [1.29, 1.82) is 0 Å². The van der Waals surface area contributed by atoms with Gasteiger partial charge in [0.1, 0.15) is 0 Å². The number of rotatable bonds is 4. The molecule has 0 aromatic heterocycles. The van der Waals surface area contributed by atoms with Crippen LogP contribution in [0.5, 0.6) is 0 Å². The van der Waals surface area contributed by atoms with Crippen molar-refractivity contribution in [1.82, 2.24) is 0 Å².